The van der Waals surface area contributed by atoms with E-state index in [0.717, 1.165) is 89.5 Å². The van der Waals surface area contributed by atoms with Gasteiger partial charge in [-0.05, 0) is 39.9 Å². The number of rotatable bonds is 9. The van der Waals surface area contributed by atoms with Gasteiger partial charge in [-0.2, -0.15) is 0 Å². The van der Waals surface area contributed by atoms with Crippen LogP contribution in [-0.4, -0.2) is 15.0 Å². The molecule has 0 amide bonds. The molecule has 0 fully saturated rings. The summed E-state index contributed by atoms with van der Waals surface area (Å²) in [4.78, 5) is 16.2. The van der Waals surface area contributed by atoms with E-state index in [1.165, 1.54) is 5.56 Å². The fraction of sp³-hybridized carbons (Fsp3) is 0. The van der Waals surface area contributed by atoms with Crippen molar-refractivity contribution in [1.82, 2.24) is 15.0 Å². The predicted octanol–water partition coefficient (Wildman–Crippen LogP) is 14.9. The highest BCUT2D eigenvalue weighted by Gasteiger charge is 2.25. The molecule has 10 aromatic rings. The second-order valence-corrected chi connectivity index (χ2v) is 14.8. The van der Waals surface area contributed by atoms with Crippen LogP contribution in [0.25, 0.3) is 101 Å². The molecule has 60 heavy (non-hydrogen) atoms. The van der Waals surface area contributed by atoms with Crippen molar-refractivity contribution >= 4 is 0 Å². The fourth-order valence-electron chi connectivity index (χ4n) is 8.01. The van der Waals surface area contributed by atoms with Crippen LogP contribution in [0.15, 0.2) is 237 Å². The highest BCUT2D eigenvalue weighted by Crippen LogP contribution is 2.49. The van der Waals surface area contributed by atoms with Gasteiger partial charge < -0.3 is 0 Å². The van der Waals surface area contributed by atoms with Gasteiger partial charge in [-0.3, -0.25) is 0 Å². The molecule has 0 saturated carbocycles. The van der Waals surface area contributed by atoms with Gasteiger partial charge in [-0.25, -0.2) is 15.0 Å². The number of aromatic nitrogens is 3. The van der Waals surface area contributed by atoms with Gasteiger partial charge in [0.05, 0.1) is 22.8 Å². The van der Waals surface area contributed by atoms with Gasteiger partial charge in [0, 0.05) is 44.5 Å². The Labute approximate surface area is 351 Å². The molecule has 3 nitrogen and oxygen atoms in total. The van der Waals surface area contributed by atoms with E-state index in [4.69, 9.17) is 15.0 Å². The number of hydrogen-bond acceptors (Lipinski definition) is 3. The van der Waals surface area contributed by atoms with E-state index in [0.29, 0.717) is 5.82 Å². The standard InChI is InChI=1S/C57H39N3/c1-7-20-40(21-8-1)41-34-36-43(37-35-41)51-39-50(42-22-9-2-10-23-42)58-57(59-51)49-33-19-32-48(38-49)52-53(44-24-11-3-12-25-44)55(46-28-15-5-16-29-46)60-56(47-30-17-6-18-31-47)54(52)45-26-13-4-14-27-45/h1-39H. The second kappa shape index (κ2) is 16.5. The number of hydrogen-bond donors (Lipinski definition) is 0. The van der Waals surface area contributed by atoms with Gasteiger partial charge in [-0.15, -0.1) is 0 Å². The summed E-state index contributed by atoms with van der Waals surface area (Å²) < 4.78 is 0. The van der Waals surface area contributed by atoms with E-state index < -0.39 is 0 Å². The van der Waals surface area contributed by atoms with Gasteiger partial charge in [0.2, 0.25) is 0 Å². The molecule has 10 rings (SSSR count). The van der Waals surface area contributed by atoms with Crippen molar-refractivity contribution in [2.24, 2.45) is 0 Å². The summed E-state index contributed by atoms with van der Waals surface area (Å²) in [6.45, 7) is 0. The Kier molecular flexibility index (Phi) is 9.97. The first-order valence-corrected chi connectivity index (χ1v) is 20.3. The summed E-state index contributed by atoms with van der Waals surface area (Å²) in [7, 11) is 0. The van der Waals surface area contributed by atoms with Crippen LogP contribution < -0.4 is 0 Å². The first-order chi connectivity index (χ1) is 29.8. The molecule has 0 aliphatic heterocycles. The Morgan fingerprint density at radius 2 is 0.533 bits per heavy atom. The van der Waals surface area contributed by atoms with E-state index in [-0.39, 0.29) is 0 Å². The van der Waals surface area contributed by atoms with Crippen molar-refractivity contribution in [3.05, 3.63) is 237 Å². The third kappa shape index (κ3) is 7.32. The van der Waals surface area contributed by atoms with E-state index in [9.17, 15) is 0 Å². The minimum Gasteiger partial charge on any atom is -0.246 e. The molecule has 2 heterocycles. The first-order valence-electron chi connectivity index (χ1n) is 20.3. The Balaban J connectivity index is 1.23. The fourth-order valence-corrected chi connectivity index (χ4v) is 8.01. The van der Waals surface area contributed by atoms with Gasteiger partial charge in [0.25, 0.3) is 0 Å². The highest BCUT2D eigenvalue weighted by atomic mass is 14.9. The van der Waals surface area contributed by atoms with Gasteiger partial charge in [-0.1, -0.05) is 224 Å². The molecule has 0 atom stereocenters. The minimum atomic E-state index is 0.656. The summed E-state index contributed by atoms with van der Waals surface area (Å²) >= 11 is 0. The lowest BCUT2D eigenvalue weighted by atomic mass is 9.83. The van der Waals surface area contributed by atoms with Gasteiger partial charge in [0.15, 0.2) is 5.82 Å². The third-order valence-electron chi connectivity index (χ3n) is 10.9. The highest BCUT2D eigenvalue weighted by molar-refractivity contribution is 6.05. The third-order valence-corrected chi connectivity index (χ3v) is 10.9. The SMILES string of the molecule is c1ccc(-c2ccc(-c3cc(-c4ccccc4)nc(-c4cccc(-c5c(-c6ccccc6)c(-c6ccccc6)nc(-c6ccccc6)c5-c5ccccc5)c4)n3)cc2)cc1. The smallest absolute Gasteiger partial charge is 0.160 e. The zero-order valence-electron chi connectivity index (χ0n) is 32.9. The molecule has 0 aliphatic carbocycles. The molecule has 282 valence electrons. The molecule has 0 aliphatic rings. The lowest BCUT2D eigenvalue weighted by Crippen LogP contribution is -2.02. The molecule has 2 aromatic heterocycles. The number of pyridine rings is 1. The van der Waals surface area contributed by atoms with Crippen LogP contribution in [0.4, 0.5) is 0 Å². The minimum absolute atomic E-state index is 0.656. The molecule has 8 aromatic carbocycles. The first kappa shape index (κ1) is 36.3. The zero-order chi connectivity index (χ0) is 40.1. The summed E-state index contributed by atoms with van der Waals surface area (Å²) in [6.07, 6.45) is 0. The van der Waals surface area contributed by atoms with Crippen molar-refractivity contribution in [3.63, 3.8) is 0 Å². The van der Waals surface area contributed by atoms with Crippen LogP contribution in [0.1, 0.15) is 0 Å². The molecule has 0 bridgehead atoms. The van der Waals surface area contributed by atoms with E-state index in [2.05, 4.69) is 224 Å². The molecule has 0 saturated heterocycles. The van der Waals surface area contributed by atoms with Crippen molar-refractivity contribution in [2.75, 3.05) is 0 Å². The molecule has 0 N–H and O–H groups in total. The monoisotopic (exact) mass is 765 g/mol. The molecule has 0 radical (unpaired) electrons. The maximum atomic E-state index is 5.62. The topological polar surface area (TPSA) is 38.7 Å². The van der Waals surface area contributed by atoms with Gasteiger partial charge >= 0.3 is 0 Å². The Morgan fingerprint density at radius 1 is 0.200 bits per heavy atom. The zero-order valence-corrected chi connectivity index (χ0v) is 32.9. The summed E-state index contributed by atoms with van der Waals surface area (Å²) in [5.41, 5.74) is 17.4. The maximum Gasteiger partial charge on any atom is 0.160 e. The number of benzene rings is 8. The van der Waals surface area contributed by atoms with Gasteiger partial charge in [0.1, 0.15) is 0 Å². The van der Waals surface area contributed by atoms with E-state index in [1.54, 1.807) is 0 Å². The Morgan fingerprint density at radius 3 is 1.00 bits per heavy atom. The predicted molar refractivity (Wildman–Crippen MR) is 249 cm³/mol. The summed E-state index contributed by atoms with van der Waals surface area (Å²) in [6, 6.07) is 82.7. The quantitative estimate of drug-likeness (QED) is 0.147. The number of nitrogens with zero attached hydrogens (tertiary/aromatic N) is 3. The summed E-state index contributed by atoms with van der Waals surface area (Å²) in [5.74, 6) is 0.656. The Hall–Kier alpha value is -8.01. The lowest BCUT2D eigenvalue weighted by molar-refractivity contribution is 1.18. The molecular formula is C57H39N3. The van der Waals surface area contributed by atoms with Crippen molar-refractivity contribution in [3.8, 4) is 101 Å². The van der Waals surface area contributed by atoms with Crippen LogP contribution in [0, 0.1) is 0 Å². The molecule has 3 heteroatoms. The van der Waals surface area contributed by atoms with Crippen molar-refractivity contribution in [2.45, 2.75) is 0 Å². The van der Waals surface area contributed by atoms with Crippen LogP contribution in [-0.2, 0) is 0 Å². The lowest BCUT2D eigenvalue weighted by Gasteiger charge is -2.23. The van der Waals surface area contributed by atoms with Crippen LogP contribution in [0.3, 0.4) is 0 Å². The van der Waals surface area contributed by atoms with Crippen LogP contribution >= 0.6 is 0 Å². The average molecular weight is 766 g/mol. The maximum absolute atomic E-state index is 5.62. The average Bonchev–Trinajstić information content (AvgIpc) is 3.35. The Bertz CT molecular complexity index is 2920. The summed E-state index contributed by atoms with van der Waals surface area (Å²) in [5, 5.41) is 0. The second-order valence-electron chi connectivity index (χ2n) is 14.8. The van der Waals surface area contributed by atoms with E-state index in [1.807, 2.05) is 12.1 Å². The van der Waals surface area contributed by atoms with Crippen molar-refractivity contribution in [1.29, 1.82) is 0 Å². The van der Waals surface area contributed by atoms with E-state index >= 15 is 0 Å². The molecule has 0 unspecified atom stereocenters. The van der Waals surface area contributed by atoms with Crippen LogP contribution in [0.2, 0.25) is 0 Å². The largest absolute Gasteiger partial charge is 0.246 e. The molecular weight excluding hydrogens is 727 g/mol. The van der Waals surface area contributed by atoms with Crippen molar-refractivity contribution < 1.29 is 0 Å². The normalized spacial score (nSPS) is 11.0. The van der Waals surface area contributed by atoms with Crippen LogP contribution in [0.5, 0.6) is 0 Å². The molecule has 0 spiro atoms.